The SMILES string of the molecule is Cc1cc2nc(C3CCN(C(=O)c4cccn4C)CC3)ccn2n1. The van der Waals surface area contributed by atoms with E-state index in [1.165, 1.54) is 0 Å². The van der Waals surface area contributed by atoms with Crippen LogP contribution in [0.5, 0.6) is 0 Å². The van der Waals surface area contributed by atoms with Gasteiger partial charge < -0.3 is 9.47 Å². The van der Waals surface area contributed by atoms with Crippen LogP contribution in [0.25, 0.3) is 5.65 Å². The molecule has 6 heteroatoms. The van der Waals surface area contributed by atoms with Crippen molar-refractivity contribution in [3.8, 4) is 0 Å². The molecule has 24 heavy (non-hydrogen) atoms. The highest BCUT2D eigenvalue weighted by Gasteiger charge is 2.26. The summed E-state index contributed by atoms with van der Waals surface area (Å²) >= 11 is 0. The van der Waals surface area contributed by atoms with Gasteiger partial charge in [0.25, 0.3) is 5.91 Å². The predicted octanol–water partition coefficient (Wildman–Crippen LogP) is 2.40. The number of rotatable bonds is 2. The maximum Gasteiger partial charge on any atom is 0.270 e. The largest absolute Gasteiger partial charge is 0.347 e. The first-order chi connectivity index (χ1) is 11.6. The van der Waals surface area contributed by atoms with E-state index in [2.05, 4.69) is 11.2 Å². The second-order valence-electron chi connectivity index (χ2n) is 6.51. The first kappa shape index (κ1) is 14.9. The molecule has 0 unspecified atom stereocenters. The molecule has 3 aromatic rings. The zero-order valence-electron chi connectivity index (χ0n) is 14.0. The Morgan fingerprint density at radius 1 is 1.21 bits per heavy atom. The van der Waals surface area contributed by atoms with Gasteiger partial charge in [0.15, 0.2) is 5.65 Å². The summed E-state index contributed by atoms with van der Waals surface area (Å²) in [5.41, 5.74) is 3.73. The minimum absolute atomic E-state index is 0.121. The Morgan fingerprint density at radius 2 is 2.00 bits per heavy atom. The van der Waals surface area contributed by atoms with E-state index in [1.54, 1.807) is 0 Å². The number of carbonyl (C=O) groups is 1. The van der Waals surface area contributed by atoms with Crippen LogP contribution in [-0.4, -0.2) is 43.1 Å². The van der Waals surface area contributed by atoms with E-state index in [1.807, 2.05) is 58.5 Å². The highest BCUT2D eigenvalue weighted by atomic mass is 16.2. The van der Waals surface area contributed by atoms with Crippen LogP contribution in [-0.2, 0) is 7.05 Å². The normalized spacial score (nSPS) is 16.0. The molecule has 1 aliphatic rings. The molecule has 0 saturated carbocycles. The quantitative estimate of drug-likeness (QED) is 0.728. The van der Waals surface area contributed by atoms with Gasteiger partial charge in [0, 0.05) is 50.2 Å². The highest BCUT2D eigenvalue weighted by Crippen LogP contribution is 2.27. The van der Waals surface area contributed by atoms with Crippen LogP contribution in [0.1, 0.15) is 40.6 Å². The second kappa shape index (κ2) is 5.78. The van der Waals surface area contributed by atoms with Gasteiger partial charge in [-0.25, -0.2) is 9.50 Å². The number of piperidine rings is 1. The summed E-state index contributed by atoms with van der Waals surface area (Å²) in [6.45, 7) is 3.53. The minimum Gasteiger partial charge on any atom is -0.347 e. The third-order valence-electron chi connectivity index (χ3n) is 4.83. The second-order valence-corrected chi connectivity index (χ2v) is 6.51. The summed E-state index contributed by atoms with van der Waals surface area (Å²) in [5, 5.41) is 4.37. The van der Waals surface area contributed by atoms with E-state index in [9.17, 15) is 4.79 Å². The summed E-state index contributed by atoms with van der Waals surface area (Å²) in [6.07, 6.45) is 5.79. The maximum atomic E-state index is 12.6. The molecule has 0 spiro atoms. The molecule has 124 valence electrons. The Kier molecular flexibility index (Phi) is 3.59. The van der Waals surface area contributed by atoms with Crippen molar-refractivity contribution in [2.75, 3.05) is 13.1 Å². The van der Waals surface area contributed by atoms with Crippen LogP contribution >= 0.6 is 0 Å². The average Bonchev–Trinajstić information content (AvgIpc) is 3.18. The number of amides is 1. The third-order valence-corrected chi connectivity index (χ3v) is 4.83. The van der Waals surface area contributed by atoms with Crippen molar-refractivity contribution in [1.29, 1.82) is 0 Å². The summed E-state index contributed by atoms with van der Waals surface area (Å²) < 4.78 is 3.69. The molecule has 1 saturated heterocycles. The molecule has 1 amide bonds. The Balaban J connectivity index is 1.47. The highest BCUT2D eigenvalue weighted by molar-refractivity contribution is 5.92. The molecule has 0 N–H and O–H groups in total. The number of carbonyl (C=O) groups excluding carboxylic acids is 1. The van der Waals surface area contributed by atoms with Crippen molar-refractivity contribution >= 4 is 11.6 Å². The van der Waals surface area contributed by atoms with Crippen molar-refractivity contribution in [2.24, 2.45) is 7.05 Å². The van der Waals surface area contributed by atoms with Crippen LogP contribution in [0.2, 0.25) is 0 Å². The standard InChI is InChI=1S/C18H21N5O/c1-13-12-17-19-15(7-11-23(17)20-13)14-5-9-22(10-6-14)18(24)16-4-3-8-21(16)2/h3-4,7-8,11-12,14H,5-6,9-10H2,1-2H3. The lowest BCUT2D eigenvalue weighted by Crippen LogP contribution is -2.38. The zero-order chi connectivity index (χ0) is 16.7. The molecule has 0 bridgehead atoms. The van der Waals surface area contributed by atoms with E-state index >= 15 is 0 Å². The summed E-state index contributed by atoms with van der Waals surface area (Å²) in [7, 11) is 1.91. The van der Waals surface area contributed by atoms with Crippen LogP contribution < -0.4 is 0 Å². The fourth-order valence-corrected chi connectivity index (χ4v) is 3.46. The van der Waals surface area contributed by atoms with Gasteiger partial charge in [0.2, 0.25) is 0 Å². The van der Waals surface area contributed by atoms with Gasteiger partial charge in [-0.15, -0.1) is 0 Å². The lowest BCUT2D eigenvalue weighted by Gasteiger charge is -2.31. The maximum absolute atomic E-state index is 12.6. The molecule has 1 fully saturated rings. The Labute approximate surface area is 140 Å². The fourth-order valence-electron chi connectivity index (χ4n) is 3.46. The van der Waals surface area contributed by atoms with Gasteiger partial charge in [-0.2, -0.15) is 5.10 Å². The first-order valence-electron chi connectivity index (χ1n) is 8.35. The Morgan fingerprint density at radius 3 is 2.71 bits per heavy atom. The smallest absolute Gasteiger partial charge is 0.270 e. The van der Waals surface area contributed by atoms with Gasteiger partial charge in [-0.1, -0.05) is 0 Å². The molecule has 3 aromatic heterocycles. The molecule has 4 heterocycles. The van der Waals surface area contributed by atoms with E-state index in [-0.39, 0.29) is 5.91 Å². The number of aromatic nitrogens is 4. The molecule has 0 aromatic carbocycles. The number of hydrogen-bond donors (Lipinski definition) is 0. The topological polar surface area (TPSA) is 55.4 Å². The summed E-state index contributed by atoms with van der Waals surface area (Å²) in [5.74, 6) is 0.526. The summed E-state index contributed by atoms with van der Waals surface area (Å²) in [4.78, 5) is 19.3. The lowest BCUT2D eigenvalue weighted by molar-refractivity contribution is 0.0702. The molecular formula is C18H21N5O. The van der Waals surface area contributed by atoms with Crippen molar-refractivity contribution in [3.05, 3.63) is 53.7 Å². The van der Waals surface area contributed by atoms with Crippen molar-refractivity contribution < 1.29 is 4.79 Å². The number of aryl methyl sites for hydroxylation is 2. The number of hydrogen-bond acceptors (Lipinski definition) is 3. The minimum atomic E-state index is 0.121. The zero-order valence-corrected chi connectivity index (χ0v) is 14.0. The number of fused-ring (bicyclic) bond motifs is 1. The van der Waals surface area contributed by atoms with Gasteiger partial charge in [0.1, 0.15) is 5.69 Å². The third kappa shape index (κ3) is 2.58. The van der Waals surface area contributed by atoms with E-state index in [0.29, 0.717) is 5.92 Å². The van der Waals surface area contributed by atoms with E-state index in [0.717, 1.165) is 48.7 Å². The molecular weight excluding hydrogens is 302 g/mol. The first-order valence-corrected chi connectivity index (χ1v) is 8.35. The van der Waals surface area contributed by atoms with Gasteiger partial charge in [-0.3, -0.25) is 4.79 Å². The van der Waals surface area contributed by atoms with Gasteiger partial charge >= 0.3 is 0 Å². The Hall–Kier alpha value is -2.63. The van der Waals surface area contributed by atoms with E-state index < -0.39 is 0 Å². The van der Waals surface area contributed by atoms with Crippen LogP contribution in [0.4, 0.5) is 0 Å². The van der Waals surface area contributed by atoms with Crippen LogP contribution in [0.15, 0.2) is 36.7 Å². The molecule has 1 aliphatic heterocycles. The molecule has 0 aliphatic carbocycles. The molecule has 4 rings (SSSR count). The van der Waals surface area contributed by atoms with E-state index in [4.69, 9.17) is 4.98 Å². The average molecular weight is 323 g/mol. The fraction of sp³-hybridized carbons (Fsp3) is 0.389. The predicted molar refractivity (Wildman–Crippen MR) is 91.0 cm³/mol. The molecule has 6 nitrogen and oxygen atoms in total. The van der Waals surface area contributed by atoms with Crippen LogP contribution in [0.3, 0.4) is 0 Å². The Bertz CT molecular complexity index is 886. The number of likely N-dealkylation sites (tertiary alicyclic amines) is 1. The van der Waals surface area contributed by atoms with Gasteiger partial charge in [0.05, 0.1) is 5.69 Å². The van der Waals surface area contributed by atoms with Gasteiger partial charge in [-0.05, 0) is 38.0 Å². The van der Waals surface area contributed by atoms with Crippen molar-refractivity contribution in [1.82, 2.24) is 24.1 Å². The monoisotopic (exact) mass is 323 g/mol. The molecule has 0 radical (unpaired) electrons. The lowest BCUT2D eigenvalue weighted by atomic mass is 9.93. The number of nitrogens with zero attached hydrogens (tertiary/aromatic N) is 5. The van der Waals surface area contributed by atoms with Crippen molar-refractivity contribution in [3.63, 3.8) is 0 Å². The van der Waals surface area contributed by atoms with Crippen LogP contribution in [0, 0.1) is 6.92 Å². The summed E-state index contributed by atoms with van der Waals surface area (Å²) in [6, 6.07) is 7.84. The molecule has 0 atom stereocenters. The van der Waals surface area contributed by atoms with Crippen molar-refractivity contribution in [2.45, 2.75) is 25.7 Å².